The van der Waals surface area contributed by atoms with E-state index in [1.807, 2.05) is 11.8 Å². The lowest BCUT2D eigenvalue weighted by Crippen LogP contribution is -2.41. The summed E-state index contributed by atoms with van der Waals surface area (Å²) in [6.07, 6.45) is 3.82. The first-order chi connectivity index (χ1) is 10.6. The van der Waals surface area contributed by atoms with Gasteiger partial charge in [-0.25, -0.2) is 8.78 Å². The Hall–Kier alpha value is -1.14. The highest BCUT2D eigenvalue weighted by atomic mass is 32.2. The summed E-state index contributed by atoms with van der Waals surface area (Å²) < 4.78 is 27.8. The van der Waals surface area contributed by atoms with Gasteiger partial charge in [-0.2, -0.15) is 11.8 Å². The van der Waals surface area contributed by atoms with Crippen LogP contribution in [0.3, 0.4) is 0 Å². The van der Waals surface area contributed by atoms with Gasteiger partial charge in [0.15, 0.2) is 0 Å². The van der Waals surface area contributed by atoms with Gasteiger partial charge in [-0.1, -0.05) is 6.07 Å². The topological polar surface area (TPSA) is 23.6 Å². The molecular formula is C16H20F2N2OS. The van der Waals surface area contributed by atoms with Gasteiger partial charge in [-0.15, -0.1) is 0 Å². The molecule has 22 heavy (non-hydrogen) atoms. The summed E-state index contributed by atoms with van der Waals surface area (Å²) in [4.78, 5) is 16.1. The minimum atomic E-state index is -0.671. The average molecular weight is 326 g/mol. The van der Waals surface area contributed by atoms with Gasteiger partial charge in [0.2, 0.25) is 5.91 Å². The summed E-state index contributed by atoms with van der Waals surface area (Å²) in [5, 5.41) is 0. The fourth-order valence-corrected chi connectivity index (χ4v) is 4.23. The first-order valence-corrected chi connectivity index (χ1v) is 8.99. The van der Waals surface area contributed by atoms with E-state index in [2.05, 4.69) is 11.2 Å². The van der Waals surface area contributed by atoms with Crippen LogP contribution in [-0.4, -0.2) is 48.5 Å². The molecule has 0 spiro atoms. The Bertz CT molecular complexity index is 549. The van der Waals surface area contributed by atoms with Crippen molar-refractivity contribution in [2.24, 2.45) is 5.92 Å². The number of hydrogen-bond acceptors (Lipinski definition) is 3. The smallest absolute Gasteiger partial charge is 0.244 e. The van der Waals surface area contributed by atoms with Gasteiger partial charge in [0.25, 0.3) is 0 Å². The van der Waals surface area contributed by atoms with Crippen LogP contribution in [0.15, 0.2) is 18.2 Å². The van der Waals surface area contributed by atoms with Crippen LogP contribution in [0.1, 0.15) is 12.8 Å². The van der Waals surface area contributed by atoms with E-state index in [-0.39, 0.29) is 17.6 Å². The number of rotatable bonds is 4. The van der Waals surface area contributed by atoms with Crippen molar-refractivity contribution in [2.45, 2.75) is 18.9 Å². The molecule has 0 unspecified atom stereocenters. The predicted molar refractivity (Wildman–Crippen MR) is 85.2 cm³/mol. The number of carbonyl (C=O) groups excluding carboxylic acids is 1. The van der Waals surface area contributed by atoms with Crippen molar-refractivity contribution in [3.8, 4) is 0 Å². The molecule has 1 aromatic carbocycles. The molecule has 3 rings (SSSR count). The Morgan fingerprint density at radius 2 is 1.95 bits per heavy atom. The van der Waals surface area contributed by atoms with Crippen LogP contribution in [0.5, 0.6) is 0 Å². The molecule has 2 atom stereocenters. The number of likely N-dealkylation sites (tertiary alicyclic amines) is 1. The zero-order valence-corrected chi connectivity index (χ0v) is 13.4. The number of carbonyl (C=O) groups is 1. The number of anilines is 1. The van der Waals surface area contributed by atoms with E-state index in [9.17, 15) is 13.6 Å². The van der Waals surface area contributed by atoms with E-state index < -0.39 is 11.6 Å². The largest absolute Gasteiger partial charge is 0.306 e. The van der Waals surface area contributed by atoms with Crippen molar-refractivity contribution in [3.05, 3.63) is 29.8 Å². The zero-order valence-electron chi connectivity index (χ0n) is 12.6. The fourth-order valence-electron chi connectivity index (χ4n) is 3.49. The molecule has 2 heterocycles. The Morgan fingerprint density at radius 3 is 2.64 bits per heavy atom. The Labute approximate surface area is 133 Å². The second kappa shape index (κ2) is 6.54. The molecule has 2 aliphatic rings. The van der Waals surface area contributed by atoms with Crippen LogP contribution < -0.4 is 4.90 Å². The van der Waals surface area contributed by atoms with Crippen molar-refractivity contribution >= 4 is 23.4 Å². The molecule has 1 aromatic rings. The predicted octanol–water partition coefficient (Wildman–Crippen LogP) is 2.76. The van der Waals surface area contributed by atoms with Crippen molar-refractivity contribution in [1.82, 2.24) is 4.90 Å². The maximum Gasteiger partial charge on any atom is 0.244 e. The molecule has 1 amide bonds. The summed E-state index contributed by atoms with van der Waals surface area (Å²) in [6, 6.07) is 3.48. The summed E-state index contributed by atoms with van der Waals surface area (Å²) in [7, 11) is 0. The van der Waals surface area contributed by atoms with Gasteiger partial charge in [0.05, 0.1) is 6.04 Å². The Balaban J connectivity index is 1.73. The third-order valence-corrected chi connectivity index (χ3v) is 5.35. The van der Waals surface area contributed by atoms with Crippen molar-refractivity contribution in [1.29, 1.82) is 0 Å². The minimum Gasteiger partial charge on any atom is -0.306 e. The van der Waals surface area contributed by atoms with E-state index in [1.165, 1.54) is 23.1 Å². The number of nitrogens with zero attached hydrogens (tertiary/aromatic N) is 2. The summed E-state index contributed by atoms with van der Waals surface area (Å²) >= 11 is 1.82. The van der Waals surface area contributed by atoms with Gasteiger partial charge in [-0.05, 0) is 49.4 Å². The van der Waals surface area contributed by atoms with Crippen LogP contribution in [0.4, 0.5) is 14.5 Å². The van der Waals surface area contributed by atoms with Crippen molar-refractivity contribution in [3.63, 3.8) is 0 Å². The van der Waals surface area contributed by atoms with Gasteiger partial charge in [0, 0.05) is 13.1 Å². The average Bonchev–Trinajstić information content (AvgIpc) is 3.07. The second-order valence-corrected chi connectivity index (χ2v) is 6.88. The van der Waals surface area contributed by atoms with Crippen LogP contribution in [0, 0.1) is 17.6 Å². The lowest BCUT2D eigenvalue weighted by Gasteiger charge is -2.23. The summed E-state index contributed by atoms with van der Waals surface area (Å²) in [5.41, 5.74) is -0.199. The van der Waals surface area contributed by atoms with Gasteiger partial charge >= 0.3 is 0 Å². The highest BCUT2D eigenvalue weighted by Crippen LogP contribution is 2.31. The van der Waals surface area contributed by atoms with Crippen LogP contribution in [0.25, 0.3) is 0 Å². The third-order valence-electron chi connectivity index (χ3n) is 4.55. The lowest BCUT2D eigenvalue weighted by molar-refractivity contribution is -0.121. The molecule has 0 bridgehead atoms. The standard InChI is InChI=1S/C16H20F2N2OS/c1-22-10-11-5-7-19(9-11)14-6-8-20(16(14)21)15-12(17)3-2-4-13(15)18/h2-4,11,14H,5-10H2,1H3/t11-,14+/m0/s1. The molecule has 0 aromatic heterocycles. The van der Waals surface area contributed by atoms with E-state index in [4.69, 9.17) is 0 Å². The molecule has 0 aliphatic carbocycles. The van der Waals surface area contributed by atoms with E-state index in [1.54, 1.807) is 0 Å². The zero-order chi connectivity index (χ0) is 15.7. The number of halogens is 2. The SMILES string of the molecule is CSC[C@H]1CCN([C@@H]2CCN(c3c(F)cccc3F)C2=O)C1. The molecule has 2 aliphatic heterocycles. The quantitative estimate of drug-likeness (QED) is 0.850. The number of para-hydroxylation sites is 1. The molecule has 0 saturated carbocycles. The fraction of sp³-hybridized carbons (Fsp3) is 0.562. The second-order valence-electron chi connectivity index (χ2n) is 5.97. The van der Waals surface area contributed by atoms with Crippen molar-refractivity contribution in [2.75, 3.05) is 36.5 Å². The number of thioether (sulfide) groups is 1. The lowest BCUT2D eigenvalue weighted by atomic mass is 10.1. The summed E-state index contributed by atoms with van der Waals surface area (Å²) in [5.74, 6) is 0.200. The minimum absolute atomic E-state index is 0.172. The maximum absolute atomic E-state index is 13.9. The highest BCUT2D eigenvalue weighted by molar-refractivity contribution is 7.98. The Kier molecular flexibility index (Phi) is 4.68. The molecule has 0 N–H and O–H groups in total. The highest BCUT2D eigenvalue weighted by Gasteiger charge is 2.40. The van der Waals surface area contributed by atoms with Crippen LogP contribution in [0.2, 0.25) is 0 Å². The molecular weight excluding hydrogens is 306 g/mol. The molecule has 6 heteroatoms. The monoisotopic (exact) mass is 326 g/mol. The van der Waals surface area contributed by atoms with Crippen molar-refractivity contribution < 1.29 is 13.6 Å². The molecule has 120 valence electrons. The first-order valence-electron chi connectivity index (χ1n) is 7.60. The Morgan fingerprint density at radius 1 is 1.23 bits per heavy atom. The van der Waals surface area contributed by atoms with Gasteiger partial charge in [-0.3, -0.25) is 9.69 Å². The number of benzene rings is 1. The van der Waals surface area contributed by atoms with E-state index in [0.717, 1.165) is 25.3 Å². The van der Waals surface area contributed by atoms with Crippen LogP contribution >= 0.6 is 11.8 Å². The first kappa shape index (κ1) is 15.7. The molecule has 2 saturated heterocycles. The van der Waals surface area contributed by atoms with Gasteiger partial charge in [0.1, 0.15) is 17.3 Å². The molecule has 2 fully saturated rings. The van der Waals surface area contributed by atoms with Gasteiger partial charge < -0.3 is 4.90 Å². The number of amides is 1. The molecule has 3 nitrogen and oxygen atoms in total. The third kappa shape index (κ3) is 2.86. The van der Waals surface area contributed by atoms with E-state index in [0.29, 0.717) is 18.9 Å². The normalized spacial score (nSPS) is 26.1. The van der Waals surface area contributed by atoms with E-state index >= 15 is 0 Å². The number of hydrogen-bond donors (Lipinski definition) is 0. The summed E-state index contributed by atoms with van der Waals surface area (Å²) in [6.45, 7) is 2.19. The maximum atomic E-state index is 13.9. The van der Waals surface area contributed by atoms with Crippen LogP contribution in [-0.2, 0) is 4.79 Å². The molecule has 0 radical (unpaired) electrons.